The van der Waals surface area contributed by atoms with Crippen molar-refractivity contribution >= 4 is 66.1 Å². The van der Waals surface area contributed by atoms with Gasteiger partial charge in [0, 0.05) is 8.95 Å². The summed E-state index contributed by atoms with van der Waals surface area (Å²) in [7, 11) is 0. The molecule has 4 aromatic rings. The Morgan fingerprint density at radius 2 is 1.03 bits per heavy atom. The van der Waals surface area contributed by atoms with Crippen LogP contribution in [0.25, 0.3) is 33.7 Å². The lowest BCUT2D eigenvalue weighted by Crippen LogP contribution is -2.29. The monoisotopic (exact) mass is 618 g/mol. The lowest BCUT2D eigenvalue weighted by atomic mass is 10.2. The summed E-state index contributed by atoms with van der Waals surface area (Å²) >= 11 is 7.13. The predicted octanol–water partition coefficient (Wildman–Crippen LogP) is 7.76. The average Bonchev–Trinajstić information content (AvgIpc) is 3.24. The number of carbonyl (C=O) groups excluding carboxylic acids is 2. The first-order valence-electron chi connectivity index (χ1n) is 11.4. The Labute approximate surface area is 226 Å². The van der Waals surface area contributed by atoms with Gasteiger partial charge in [-0.3, -0.25) is 0 Å². The van der Waals surface area contributed by atoms with Gasteiger partial charge >= 0.3 is 12.2 Å². The fourth-order valence-corrected chi connectivity index (χ4v) is 5.13. The van der Waals surface area contributed by atoms with Gasteiger partial charge < -0.3 is 9.47 Å². The molecule has 2 aromatic heterocycles. The van der Waals surface area contributed by atoms with Gasteiger partial charge in [0.1, 0.15) is 22.2 Å². The van der Waals surface area contributed by atoms with E-state index in [1.54, 1.807) is 41.5 Å². The first-order chi connectivity index (χ1) is 16.6. The molecule has 2 aromatic carbocycles. The molecule has 0 saturated carbocycles. The molecular weight excluding hydrogens is 592 g/mol. The van der Waals surface area contributed by atoms with Crippen molar-refractivity contribution in [2.24, 2.45) is 0 Å². The second-order valence-electron chi connectivity index (χ2n) is 10.7. The van der Waals surface area contributed by atoms with Crippen molar-refractivity contribution in [2.45, 2.75) is 66.6 Å². The summed E-state index contributed by atoms with van der Waals surface area (Å²) in [6.45, 7) is 14.6. The van der Waals surface area contributed by atoms with Crippen LogP contribution in [0.3, 0.4) is 0 Å². The molecule has 0 aliphatic heterocycles. The number of fused-ring (bicyclic) bond motifs is 2. The van der Waals surface area contributed by atoms with Crippen LogP contribution in [0.2, 0.25) is 0 Å². The van der Waals surface area contributed by atoms with Gasteiger partial charge in [-0.1, -0.05) is 0 Å². The number of ether oxygens (including phenoxy) is 2. The standard InChI is InChI=1S/C26H28Br2N4O4/c1-13-9-15(27)19-17(11-13)31(23(33)35-25(3,4)5)21(29-19)22-30-20-16(28)10-14(2)12-18(20)32(22)24(34)36-26(6,7)8/h9-12H,1-8H3. The fraction of sp³-hybridized carbons (Fsp3) is 0.385. The fourth-order valence-electron chi connectivity index (χ4n) is 3.82. The topological polar surface area (TPSA) is 88.2 Å². The summed E-state index contributed by atoms with van der Waals surface area (Å²) in [5.74, 6) is 0.328. The Hall–Kier alpha value is -2.72. The summed E-state index contributed by atoms with van der Waals surface area (Å²) in [6.07, 6.45) is -1.26. The lowest BCUT2D eigenvalue weighted by molar-refractivity contribution is 0.0525. The van der Waals surface area contributed by atoms with Crippen molar-refractivity contribution in [1.82, 2.24) is 19.1 Å². The molecule has 0 radical (unpaired) electrons. The van der Waals surface area contributed by atoms with E-state index in [-0.39, 0.29) is 11.6 Å². The molecule has 0 N–H and O–H groups in total. The van der Waals surface area contributed by atoms with Gasteiger partial charge in [0.25, 0.3) is 0 Å². The maximum Gasteiger partial charge on any atom is 0.420 e. The molecule has 4 rings (SSSR count). The van der Waals surface area contributed by atoms with E-state index >= 15 is 0 Å². The highest BCUT2D eigenvalue weighted by Crippen LogP contribution is 2.35. The predicted molar refractivity (Wildman–Crippen MR) is 147 cm³/mol. The SMILES string of the molecule is Cc1cc(Br)c2nc(-c3nc4c(Br)cc(C)cc4n3C(=O)OC(C)(C)C)n(C(=O)OC(C)(C)C)c2c1. The van der Waals surface area contributed by atoms with Gasteiger partial charge in [0.15, 0.2) is 11.6 Å². The summed E-state index contributed by atoms with van der Waals surface area (Å²) < 4.78 is 15.6. The summed E-state index contributed by atoms with van der Waals surface area (Å²) in [5, 5.41) is 0. The molecule has 10 heteroatoms. The van der Waals surface area contributed by atoms with Gasteiger partial charge in [0.05, 0.1) is 11.0 Å². The van der Waals surface area contributed by atoms with Gasteiger partial charge in [-0.15, -0.1) is 0 Å². The third-order valence-corrected chi connectivity index (χ3v) is 6.28. The molecule has 0 aliphatic carbocycles. The van der Waals surface area contributed by atoms with Crippen molar-refractivity contribution in [3.63, 3.8) is 0 Å². The molecule has 0 fully saturated rings. The smallest absolute Gasteiger partial charge is 0.420 e. The molecule has 190 valence electrons. The van der Waals surface area contributed by atoms with E-state index in [0.717, 1.165) is 11.1 Å². The Kier molecular flexibility index (Phi) is 6.58. The minimum absolute atomic E-state index is 0.164. The van der Waals surface area contributed by atoms with Crippen LogP contribution < -0.4 is 0 Å². The molecule has 0 atom stereocenters. The Morgan fingerprint density at radius 1 is 0.694 bits per heavy atom. The highest BCUT2D eigenvalue weighted by atomic mass is 79.9. The number of imidazole rings is 2. The normalized spacial score (nSPS) is 12.4. The largest absolute Gasteiger partial charge is 0.443 e. The van der Waals surface area contributed by atoms with E-state index in [1.807, 2.05) is 38.1 Å². The lowest BCUT2D eigenvalue weighted by Gasteiger charge is -2.21. The third kappa shape index (κ3) is 5.06. The van der Waals surface area contributed by atoms with Crippen LogP contribution in [0.1, 0.15) is 52.7 Å². The van der Waals surface area contributed by atoms with Crippen molar-refractivity contribution in [3.05, 3.63) is 44.3 Å². The van der Waals surface area contributed by atoms with Crippen molar-refractivity contribution < 1.29 is 19.1 Å². The molecule has 2 heterocycles. The highest BCUT2D eigenvalue weighted by molar-refractivity contribution is 9.11. The number of hydrogen-bond acceptors (Lipinski definition) is 6. The molecule has 0 amide bonds. The van der Waals surface area contributed by atoms with Crippen LogP contribution in [0.15, 0.2) is 33.2 Å². The van der Waals surface area contributed by atoms with Crippen LogP contribution in [0.4, 0.5) is 9.59 Å². The van der Waals surface area contributed by atoms with Crippen molar-refractivity contribution in [3.8, 4) is 11.6 Å². The number of aryl methyl sites for hydroxylation is 2. The second kappa shape index (κ2) is 8.99. The quantitative estimate of drug-likeness (QED) is 0.216. The first kappa shape index (κ1) is 26.3. The molecule has 0 spiro atoms. The third-order valence-electron chi connectivity index (χ3n) is 5.07. The van der Waals surface area contributed by atoms with Crippen LogP contribution >= 0.6 is 31.9 Å². The Morgan fingerprint density at radius 3 is 1.33 bits per heavy atom. The highest BCUT2D eigenvalue weighted by Gasteiger charge is 2.31. The van der Waals surface area contributed by atoms with E-state index in [4.69, 9.17) is 19.4 Å². The van der Waals surface area contributed by atoms with Gasteiger partial charge in [-0.2, -0.15) is 0 Å². The second-order valence-corrected chi connectivity index (χ2v) is 12.4. The van der Waals surface area contributed by atoms with Crippen molar-refractivity contribution in [2.75, 3.05) is 0 Å². The molecule has 0 unspecified atom stereocenters. The molecular formula is C26H28Br2N4O4. The van der Waals surface area contributed by atoms with E-state index in [2.05, 4.69) is 31.9 Å². The Balaban J connectivity index is 2.11. The maximum absolute atomic E-state index is 13.5. The van der Waals surface area contributed by atoms with E-state index < -0.39 is 23.4 Å². The number of carbonyl (C=O) groups is 2. The van der Waals surface area contributed by atoms with E-state index in [1.165, 1.54) is 9.13 Å². The minimum Gasteiger partial charge on any atom is -0.443 e. The zero-order valence-corrected chi connectivity index (χ0v) is 24.7. The van der Waals surface area contributed by atoms with Gasteiger partial charge in [-0.05, 0) is 123 Å². The van der Waals surface area contributed by atoms with Crippen LogP contribution in [-0.2, 0) is 9.47 Å². The average molecular weight is 620 g/mol. The summed E-state index contributed by atoms with van der Waals surface area (Å²) in [6, 6.07) is 7.52. The van der Waals surface area contributed by atoms with Gasteiger partial charge in [-0.25, -0.2) is 28.7 Å². The van der Waals surface area contributed by atoms with Crippen molar-refractivity contribution in [1.29, 1.82) is 0 Å². The molecule has 0 aliphatic rings. The van der Waals surface area contributed by atoms with Crippen LogP contribution in [0.5, 0.6) is 0 Å². The molecule has 0 bridgehead atoms. The Bertz CT molecular complexity index is 1420. The maximum atomic E-state index is 13.5. The number of rotatable bonds is 1. The first-order valence-corrected chi connectivity index (χ1v) is 13.0. The number of nitrogens with zero attached hydrogens (tertiary/aromatic N) is 4. The number of aromatic nitrogens is 4. The summed E-state index contributed by atoms with van der Waals surface area (Å²) in [4.78, 5) is 36.6. The van der Waals surface area contributed by atoms with Crippen LogP contribution in [0, 0.1) is 13.8 Å². The molecule has 36 heavy (non-hydrogen) atoms. The zero-order chi connectivity index (χ0) is 26.7. The van der Waals surface area contributed by atoms with Gasteiger partial charge in [0.2, 0.25) is 0 Å². The zero-order valence-electron chi connectivity index (χ0n) is 21.5. The van der Waals surface area contributed by atoms with E-state index in [9.17, 15) is 9.59 Å². The van der Waals surface area contributed by atoms with E-state index in [0.29, 0.717) is 31.0 Å². The number of benzene rings is 2. The summed E-state index contributed by atoms with van der Waals surface area (Å²) in [5.41, 5.74) is 2.48. The molecule has 0 saturated heterocycles. The number of hydrogen-bond donors (Lipinski definition) is 0. The molecule has 8 nitrogen and oxygen atoms in total. The minimum atomic E-state index is -0.753. The van der Waals surface area contributed by atoms with Crippen LogP contribution in [-0.4, -0.2) is 42.5 Å². The number of halogens is 2.